The van der Waals surface area contributed by atoms with Crippen LogP contribution < -0.4 is 5.32 Å². The van der Waals surface area contributed by atoms with Crippen molar-refractivity contribution < 1.29 is 5.11 Å². The van der Waals surface area contributed by atoms with E-state index in [0.717, 1.165) is 59.4 Å². The van der Waals surface area contributed by atoms with Crippen molar-refractivity contribution in [3.8, 4) is 17.0 Å². The van der Waals surface area contributed by atoms with Gasteiger partial charge in [-0.25, -0.2) is 4.98 Å². The summed E-state index contributed by atoms with van der Waals surface area (Å²) in [5.74, 6) is 1.19. The Hall–Kier alpha value is -3.12. The zero-order valence-corrected chi connectivity index (χ0v) is 17.5. The smallest absolute Gasteiger partial charge is 0.156 e. The molecule has 1 aliphatic rings. The number of hydrogen-bond acceptors (Lipinski definition) is 5. The summed E-state index contributed by atoms with van der Waals surface area (Å²) < 4.78 is 0. The number of hydrogen-bond donors (Lipinski definition) is 3. The number of nitrogens with zero attached hydrogens (tertiary/aromatic N) is 3. The van der Waals surface area contributed by atoms with Crippen LogP contribution >= 0.6 is 0 Å². The second-order valence-electron chi connectivity index (χ2n) is 8.36. The van der Waals surface area contributed by atoms with Crippen LogP contribution in [0, 0.1) is 0 Å². The third kappa shape index (κ3) is 3.27. The zero-order chi connectivity index (χ0) is 20.7. The van der Waals surface area contributed by atoms with Crippen LogP contribution in [0.15, 0.2) is 36.4 Å². The molecule has 30 heavy (non-hydrogen) atoms. The molecule has 0 bridgehead atoms. The van der Waals surface area contributed by atoms with Crippen molar-refractivity contribution >= 4 is 27.6 Å². The highest BCUT2D eigenvalue weighted by molar-refractivity contribution is 6.13. The maximum absolute atomic E-state index is 9.70. The number of likely N-dealkylation sites (N-methyl/N-ethyl adjacent to an activating group) is 1. The molecule has 2 heterocycles. The lowest BCUT2D eigenvalue weighted by Crippen LogP contribution is -2.21. The lowest BCUT2D eigenvalue weighted by Gasteiger charge is -2.22. The molecule has 0 saturated heterocycles. The molecule has 0 atom stereocenters. The zero-order valence-electron chi connectivity index (χ0n) is 17.5. The number of nitrogens with one attached hydrogen (secondary N) is 2. The molecule has 0 aliphatic heterocycles. The van der Waals surface area contributed by atoms with Gasteiger partial charge in [-0.2, -0.15) is 5.10 Å². The summed E-state index contributed by atoms with van der Waals surface area (Å²) in [5, 5.41) is 23.4. The number of phenols is 1. The number of pyridine rings is 1. The lowest BCUT2D eigenvalue weighted by atomic mass is 9.85. The molecule has 2 aromatic heterocycles. The average molecular weight is 402 g/mol. The number of aromatic hydroxyl groups is 1. The van der Waals surface area contributed by atoms with E-state index in [-0.39, 0.29) is 5.75 Å². The van der Waals surface area contributed by atoms with E-state index in [1.807, 2.05) is 12.1 Å². The number of benzene rings is 2. The third-order valence-electron chi connectivity index (χ3n) is 5.99. The van der Waals surface area contributed by atoms with Gasteiger partial charge in [-0.3, -0.25) is 5.10 Å². The Balaban J connectivity index is 1.72. The van der Waals surface area contributed by atoms with Crippen LogP contribution in [0.25, 0.3) is 33.1 Å². The largest absolute Gasteiger partial charge is 0.508 e. The van der Waals surface area contributed by atoms with E-state index in [2.05, 4.69) is 46.6 Å². The van der Waals surface area contributed by atoms with Crippen molar-refractivity contribution in [3.63, 3.8) is 0 Å². The normalized spacial score (nSPS) is 13.8. The highest BCUT2D eigenvalue weighted by atomic mass is 16.3. The summed E-state index contributed by atoms with van der Waals surface area (Å²) >= 11 is 0. The first-order valence-electron chi connectivity index (χ1n) is 10.6. The molecule has 0 unspecified atom stereocenters. The van der Waals surface area contributed by atoms with Crippen molar-refractivity contribution in [2.45, 2.75) is 25.7 Å². The molecule has 5 rings (SSSR count). The van der Waals surface area contributed by atoms with Gasteiger partial charge in [0.15, 0.2) is 5.82 Å². The Morgan fingerprint density at radius 2 is 1.77 bits per heavy atom. The molecular formula is C24H27N5O. The maximum Gasteiger partial charge on any atom is 0.156 e. The van der Waals surface area contributed by atoms with Crippen LogP contribution in [0.5, 0.6) is 5.75 Å². The molecule has 0 fully saturated rings. The van der Waals surface area contributed by atoms with Crippen molar-refractivity contribution in [1.82, 2.24) is 20.1 Å². The Morgan fingerprint density at radius 3 is 2.53 bits per heavy atom. The molecule has 6 nitrogen and oxygen atoms in total. The van der Waals surface area contributed by atoms with Gasteiger partial charge in [0.2, 0.25) is 0 Å². The fourth-order valence-electron chi connectivity index (χ4n) is 4.52. The minimum Gasteiger partial charge on any atom is -0.508 e. The minimum atomic E-state index is 0.280. The summed E-state index contributed by atoms with van der Waals surface area (Å²) in [5.41, 5.74) is 6.89. The topological polar surface area (TPSA) is 77.1 Å². The van der Waals surface area contributed by atoms with E-state index in [1.165, 1.54) is 29.4 Å². The molecule has 0 radical (unpaired) electrons. The first-order chi connectivity index (χ1) is 14.6. The van der Waals surface area contributed by atoms with Gasteiger partial charge in [0.1, 0.15) is 5.75 Å². The quantitative estimate of drug-likeness (QED) is 0.464. The van der Waals surface area contributed by atoms with Crippen molar-refractivity contribution in [2.75, 3.05) is 32.5 Å². The van der Waals surface area contributed by atoms with Gasteiger partial charge in [0, 0.05) is 24.0 Å². The van der Waals surface area contributed by atoms with Gasteiger partial charge in [-0.1, -0.05) is 0 Å². The van der Waals surface area contributed by atoms with E-state index in [1.54, 1.807) is 12.1 Å². The van der Waals surface area contributed by atoms with E-state index < -0.39 is 0 Å². The van der Waals surface area contributed by atoms with Crippen LogP contribution in [0.1, 0.15) is 24.0 Å². The van der Waals surface area contributed by atoms with Gasteiger partial charge >= 0.3 is 0 Å². The summed E-state index contributed by atoms with van der Waals surface area (Å²) in [4.78, 5) is 7.27. The predicted octanol–water partition coefficient (Wildman–Crippen LogP) is 4.34. The molecule has 0 amide bonds. The second-order valence-corrected chi connectivity index (χ2v) is 8.36. The van der Waals surface area contributed by atoms with Crippen molar-refractivity contribution in [1.29, 1.82) is 0 Å². The number of aromatic amines is 1. The van der Waals surface area contributed by atoms with Gasteiger partial charge in [-0.05, 0) is 87.3 Å². The average Bonchev–Trinajstić information content (AvgIpc) is 3.16. The first kappa shape index (κ1) is 18.9. The molecule has 0 spiro atoms. The number of aromatic nitrogens is 3. The molecule has 2 aromatic carbocycles. The minimum absolute atomic E-state index is 0.280. The van der Waals surface area contributed by atoms with Crippen molar-refractivity contribution in [3.05, 3.63) is 47.5 Å². The summed E-state index contributed by atoms with van der Waals surface area (Å²) in [7, 11) is 4.15. The van der Waals surface area contributed by atoms with Crippen molar-refractivity contribution in [2.24, 2.45) is 0 Å². The Morgan fingerprint density at radius 1 is 1.00 bits per heavy atom. The Labute approximate surface area is 175 Å². The summed E-state index contributed by atoms with van der Waals surface area (Å²) in [6.07, 6.45) is 4.46. The maximum atomic E-state index is 9.70. The summed E-state index contributed by atoms with van der Waals surface area (Å²) in [6.45, 7) is 1.78. The first-order valence-corrected chi connectivity index (χ1v) is 10.6. The molecule has 3 N–H and O–H groups in total. The van der Waals surface area contributed by atoms with Gasteiger partial charge in [0.05, 0.1) is 22.1 Å². The lowest BCUT2D eigenvalue weighted by molar-refractivity contribution is 0.425. The fourth-order valence-corrected chi connectivity index (χ4v) is 4.52. The molecule has 6 heteroatoms. The van der Waals surface area contributed by atoms with Crippen LogP contribution in [-0.4, -0.2) is 52.4 Å². The monoisotopic (exact) mass is 401 g/mol. The molecule has 154 valence electrons. The van der Waals surface area contributed by atoms with E-state index >= 15 is 0 Å². The third-order valence-corrected chi connectivity index (χ3v) is 5.99. The van der Waals surface area contributed by atoms with Crippen LogP contribution in [0.3, 0.4) is 0 Å². The highest BCUT2D eigenvalue weighted by Gasteiger charge is 2.22. The van der Waals surface area contributed by atoms with Crippen LogP contribution in [0.2, 0.25) is 0 Å². The van der Waals surface area contributed by atoms with Gasteiger partial charge in [0.25, 0.3) is 0 Å². The number of aryl methyl sites for hydroxylation is 1. The van der Waals surface area contributed by atoms with E-state index in [0.29, 0.717) is 0 Å². The molecular weight excluding hydrogens is 374 g/mol. The number of H-pyrrole nitrogens is 1. The molecule has 0 saturated carbocycles. The Bertz CT molecular complexity index is 1210. The van der Waals surface area contributed by atoms with Crippen LogP contribution in [0.4, 0.5) is 5.82 Å². The van der Waals surface area contributed by atoms with E-state index in [9.17, 15) is 5.11 Å². The molecule has 1 aliphatic carbocycles. The highest BCUT2D eigenvalue weighted by Crippen LogP contribution is 2.39. The van der Waals surface area contributed by atoms with Gasteiger partial charge in [-0.15, -0.1) is 0 Å². The molecule has 4 aromatic rings. The number of rotatable bonds is 5. The SMILES string of the molecule is CN(C)CCNc1n[nH]c2ccc3nc(-c4ccc(O)cc4)c4c(c3c12)CCCC4. The number of phenolic OH excluding ortho intramolecular Hbond substituents is 1. The standard InChI is InChI=1S/C24H27N5O/c1-29(2)14-13-25-24-22-20(27-28-24)12-11-19-21(22)17-5-3-4-6-18(17)23(26-19)15-7-9-16(30)10-8-15/h7-12,30H,3-6,13-14H2,1-2H3,(H2,25,27,28). The second kappa shape index (κ2) is 7.61. The van der Waals surface area contributed by atoms with E-state index in [4.69, 9.17) is 4.98 Å². The van der Waals surface area contributed by atoms with Crippen LogP contribution in [-0.2, 0) is 12.8 Å². The Kier molecular flexibility index (Phi) is 4.79. The van der Waals surface area contributed by atoms with Gasteiger partial charge < -0.3 is 15.3 Å². The summed E-state index contributed by atoms with van der Waals surface area (Å²) in [6, 6.07) is 11.6. The fraction of sp³-hybridized carbons (Fsp3) is 0.333. The number of fused-ring (bicyclic) bond motifs is 5. The number of anilines is 1. The predicted molar refractivity (Wildman–Crippen MR) is 122 cm³/mol.